The molecule has 7 heteroatoms. The van der Waals surface area contributed by atoms with Crippen LogP contribution in [0, 0.1) is 0 Å². The Kier molecular flexibility index (Phi) is 5.15. The molecular weight excluding hydrogens is 282 g/mol. The van der Waals surface area contributed by atoms with Gasteiger partial charge in [-0.1, -0.05) is 30.3 Å². The first-order chi connectivity index (χ1) is 9.30. The summed E-state index contributed by atoms with van der Waals surface area (Å²) in [6.45, 7) is 0. The summed E-state index contributed by atoms with van der Waals surface area (Å²) in [5, 5.41) is 29.3. The van der Waals surface area contributed by atoms with Crippen molar-refractivity contribution in [1.29, 1.82) is 0 Å². The van der Waals surface area contributed by atoms with Gasteiger partial charge >= 0.3 is 11.9 Å². The van der Waals surface area contributed by atoms with Crippen molar-refractivity contribution in [3.8, 4) is 0 Å². The van der Waals surface area contributed by atoms with Gasteiger partial charge in [0.25, 0.3) is 0 Å². The minimum absolute atomic E-state index is 0.0569. The Morgan fingerprint density at radius 2 is 1.75 bits per heavy atom. The molecule has 1 aromatic rings. The quantitative estimate of drug-likeness (QED) is 0.578. The SMILES string of the molecule is CSCC[C@@](N)(C(=O)O)C(O)(C(=O)O)c1ccccc1. The van der Waals surface area contributed by atoms with E-state index in [0.717, 1.165) is 0 Å². The maximum atomic E-state index is 11.5. The van der Waals surface area contributed by atoms with Crippen molar-refractivity contribution in [2.75, 3.05) is 12.0 Å². The lowest BCUT2D eigenvalue weighted by molar-refractivity contribution is -0.179. The average Bonchev–Trinajstić information content (AvgIpc) is 2.44. The fraction of sp³-hybridized carbons (Fsp3) is 0.385. The summed E-state index contributed by atoms with van der Waals surface area (Å²) in [7, 11) is 0. The van der Waals surface area contributed by atoms with E-state index in [1.807, 2.05) is 0 Å². The molecule has 1 unspecified atom stereocenters. The lowest BCUT2D eigenvalue weighted by Gasteiger charge is -2.38. The fourth-order valence-corrected chi connectivity index (χ4v) is 2.48. The molecular formula is C13H17NO5S. The predicted octanol–water partition coefficient (Wildman–Crippen LogP) is 0.494. The number of aliphatic hydroxyl groups is 1. The molecule has 0 bridgehead atoms. The normalized spacial score (nSPS) is 16.9. The molecule has 0 aliphatic carbocycles. The molecule has 0 radical (unpaired) electrons. The van der Waals surface area contributed by atoms with Crippen molar-refractivity contribution >= 4 is 23.7 Å². The largest absolute Gasteiger partial charge is 0.480 e. The Labute approximate surface area is 120 Å². The maximum Gasteiger partial charge on any atom is 0.343 e. The third kappa shape index (κ3) is 2.65. The molecule has 5 N–H and O–H groups in total. The number of carbonyl (C=O) groups is 2. The molecule has 0 saturated heterocycles. The van der Waals surface area contributed by atoms with E-state index >= 15 is 0 Å². The van der Waals surface area contributed by atoms with Crippen LogP contribution in [0.2, 0.25) is 0 Å². The molecule has 0 amide bonds. The van der Waals surface area contributed by atoms with E-state index in [1.165, 1.54) is 36.0 Å². The first kappa shape index (κ1) is 16.5. The minimum atomic E-state index is -2.70. The van der Waals surface area contributed by atoms with Crippen LogP contribution in [0.15, 0.2) is 30.3 Å². The summed E-state index contributed by atoms with van der Waals surface area (Å²) in [5.41, 5.74) is 0.723. The third-order valence-electron chi connectivity index (χ3n) is 3.23. The molecule has 6 nitrogen and oxygen atoms in total. The van der Waals surface area contributed by atoms with Gasteiger partial charge in [0.2, 0.25) is 5.60 Å². The van der Waals surface area contributed by atoms with Crippen LogP contribution in [0.25, 0.3) is 0 Å². The average molecular weight is 299 g/mol. The number of benzene rings is 1. The molecule has 0 fully saturated rings. The predicted molar refractivity (Wildman–Crippen MR) is 75.5 cm³/mol. The molecule has 0 aliphatic rings. The van der Waals surface area contributed by atoms with E-state index in [1.54, 1.807) is 12.3 Å². The van der Waals surface area contributed by atoms with Gasteiger partial charge in [-0.15, -0.1) is 0 Å². The van der Waals surface area contributed by atoms with Crippen molar-refractivity contribution in [2.24, 2.45) is 5.73 Å². The van der Waals surface area contributed by atoms with Crippen molar-refractivity contribution in [3.05, 3.63) is 35.9 Å². The number of aliphatic carboxylic acids is 2. The second-order valence-electron chi connectivity index (χ2n) is 4.40. The van der Waals surface area contributed by atoms with Crippen LogP contribution in [0.3, 0.4) is 0 Å². The number of rotatable bonds is 7. The van der Waals surface area contributed by atoms with Gasteiger partial charge in [0.15, 0.2) is 5.54 Å². The Bertz CT molecular complexity index is 495. The molecule has 0 aromatic heterocycles. The van der Waals surface area contributed by atoms with Gasteiger partial charge in [0.1, 0.15) is 0 Å². The topological polar surface area (TPSA) is 121 Å². The molecule has 2 atom stereocenters. The molecule has 0 saturated carbocycles. The Morgan fingerprint density at radius 1 is 1.20 bits per heavy atom. The second kappa shape index (κ2) is 6.25. The molecule has 1 rings (SSSR count). The summed E-state index contributed by atoms with van der Waals surface area (Å²) in [6.07, 6.45) is 1.56. The van der Waals surface area contributed by atoms with E-state index in [-0.39, 0.29) is 12.0 Å². The van der Waals surface area contributed by atoms with Crippen LogP contribution >= 0.6 is 11.8 Å². The van der Waals surface area contributed by atoms with Gasteiger partial charge in [-0.3, -0.25) is 4.79 Å². The standard InChI is InChI=1S/C13H17NO5S/c1-20-8-7-12(14,10(15)16)13(19,11(17)18)9-5-3-2-4-6-9/h2-6,19H,7-8,14H2,1H3,(H,15,16)(H,17,18)/t12-,13?/m1/s1. The fourth-order valence-electron chi connectivity index (χ4n) is 1.96. The second-order valence-corrected chi connectivity index (χ2v) is 5.39. The molecule has 0 spiro atoms. The first-order valence-electron chi connectivity index (χ1n) is 5.83. The monoisotopic (exact) mass is 299 g/mol. The highest BCUT2D eigenvalue weighted by atomic mass is 32.2. The van der Waals surface area contributed by atoms with E-state index in [2.05, 4.69) is 0 Å². The Hall–Kier alpha value is -1.57. The molecule has 1 aromatic carbocycles. The van der Waals surface area contributed by atoms with E-state index in [0.29, 0.717) is 5.75 Å². The Balaban J connectivity index is 3.43. The van der Waals surface area contributed by atoms with Crippen molar-refractivity contribution in [2.45, 2.75) is 17.6 Å². The summed E-state index contributed by atoms with van der Waals surface area (Å²) >= 11 is 1.32. The van der Waals surface area contributed by atoms with Crippen molar-refractivity contribution in [1.82, 2.24) is 0 Å². The number of thioether (sulfide) groups is 1. The molecule has 0 heterocycles. The Morgan fingerprint density at radius 3 is 2.15 bits per heavy atom. The minimum Gasteiger partial charge on any atom is -0.480 e. The van der Waals surface area contributed by atoms with Gasteiger partial charge in [-0.2, -0.15) is 11.8 Å². The number of hydrogen-bond acceptors (Lipinski definition) is 5. The summed E-state index contributed by atoms with van der Waals surface area (Å²) in [4.78, 5) is 23.0. The summed E-state index contributed by atoms with van der Waals surface area (Å²) in [6, 6.07) is 7.35. The number of carboxylic acid groups (broad SMARTS) is 2. The van der Waals surface area contributed by atoms with Gasteiger partial charge in [-0.25, -0.2) is 4.79 Å². The highest BCUT2D eigenvalue weighted by molar-refractivity contribution is 7.98. The van der Waals surface area contributed by atoms with Crippen molar-refractivity contribution in [3.63, 3.8) is 0 Å². The lowest BCUT2D eigenvalue weighted by Crippen LogP contribution is -2.67. The third-order valence-corrected chi connectivity index (χ3v) is 3.84. The van der Waals surface area contributed by atoms with Gasteiger partial charge in [-0.05, 0) is 24.0 Å². The van der Waals surface area contributed by atoms with Crippen LogP contribution in [0.4, 0.5) is 0 Å². The molecule has 20 heavy (non-hydrogen) atoms. The van der Waals surface area contributed by atoms with E-state index < -0.39 is 23.1 Å². The van der Waals surface area contributed by atoms with Crippen LogP contribution in [-0.4, -0.2) is 44.8 Å². The lowest BCUT2D eigenvalue weighted by atomic mass is 9.73. The van der Waals surface area contributed by atoms with Crippen molar-refractivity contribution < 1.29 is 24.9 Å². The summed E-state index contributed by atoms with van der Waals surface area (Å²) < 4.78 is 0. The zero-order valence-corrected chi connectivity index (χ0v) is 11.8. The van der Waals surface area contributed by atoms with Crippen LogP contribution in [0.1, 0.15) is 12.0 Å². The smallest absolute Gasteiger partial charge is 0.343 e. The number of nitrogens with two attached hydrogens (primary N) is 1. The zero-order chi connectivity index (χ0) is 15.4. The molecule has 110 valence electrons. The van der Waals surface area contributed by atoms with Gasteiger partial charge < -0.3 is 21.1 Å². The number of carboxylic acids is 2. The number of hydrogen-bond donors (Lipinski definition) is 4. The highest BCUT2D eigenvalue weighted by Crippen LogP contribution is 2.35. The summed E-state index contributed by atoms with van der Waals surface area (Å²) in [5.74, 6) is -2.93. The zero-order valence-electron chi connectivity index (χ0n) is 10.9. The van der Waals surface area contributed by atoms with Crippen LogP contribution in [0.5, 0.6) is 0 Å². The maximum absolute atomic E-state index is 11.5. The van der Waals surface area contributed by atoms with E-state index in [4.69, 9.17) is 5.73 Å². The highest BCUT2D eigenvalue weighted by Gasteiger charge is 2.59. The van der Waals surface area contributed by atoms with Crippen LogP contribution < -0.4 is 5.73 Å². The molecule has 0 aliphatic heterocycles. The van der Waals surface area contributed by atoms with Crippen LogP contribution in [-0.2, 0) is 15.2 Å². The van der Waals surface area contributed by atoms with E-state index in [9.17, 15) is 24.9 Å². The first-order valence-corrected chi connectivity index (χ1v) is 7.22. The van der Waals surface area contributed by atoms with Gasteiger partial charge in [0, 0.05) is 0 Å². The van der Waals surface area contributed by atoms with Gasteiger partial charge in [0.05, 0.1) is 0 Å².